The highest BCUT2D eigenvalue weighted by molar-refractivity contribution is 8.17. The average molecular weight is 576 g/mol. The minimum atomic E-state index is -4.86. The normalized spacial score (nSPS) is 21.0. The first-order valence-electron chi connectivity index (χ1n) is 9.36. The Morgan fingerprint density at radius 3 is 2.31 bits per heavy atom. The van der Waals surface area contributed by atoms with E-state index in [1.165, 1.54) is 6.92 Å². The molecule has 0 radical (unpaired) electrons. The zero-order chi connectivity index (χ0) is 26.6. The number of alkyl halides is 3. The molecule has 3 rings (SSSR count). The van der Waals surface area contributed by atoms with Crippen molar-refractivity contribution in [1.29, 1.82) is 0 Å². The van der Waals surface area contributed by atoms with Crippen molar-refractivity contribution in [2.24, 2.45) is 0 Å². The second-order valence-electron chi connectivity index (χ2n) is 7.41. The van der Waals surface area contributed by atoms with Crippen LogP contribution in [0, 0.1) is 18.6 Å². The number of hydrogen-bond acceptors (Lipinski definition) is 8. The fraction of sp³-hybridized carbons (Fsp3) is 0.316. The summed E-state index contributed by atoms with van der Waals surface area (Å²) in [7, 11) is 0. The lowest BCUT2D eigenvalue weighted by Crippen LogP contribution is -2.55. The van der Waals surface area contributed by atoms with Crippen molar-refractivity contribution in [3.63, 3.8) is 0 Å². The van der Waals surface area contributed by atoms with Gasteiger partial charge >= 0.3 is 6.18 Å². The van der Waals surface area contributed by atoms with Crippen LogP contribution in [-0.2, 0) is 15.8 Å². The maximum atomic E-state index is 14.8. The van der Waals surface area contributed by atoms with Gasteiger partial charge in [-0.2, -0.15) is 13.2 Å². The highest BCUT2D eigenvalue weighted by Gasteiger charge is 2.54. The summed E-state index contributed by atoms with van der Waals surface area (Å²) in [5.41, 5.74) is -2.17. The average Bonchev–Trinajstić information content (AvgIpc) is 2.96. The quantitative estimate of drug-likeness (QED) is 0.167. The molecule has 1 aliphatic heterocycles. The molecule has 1 aromatic carbocycles. The number of pyridine rings is 1. The zero-order valence-electron chi connectivity index (χ0n) is 17.2. The summed E-state index contributed by atoms with van der Waals surface area (Å²) in [4.78, 5) is 30.8. The Hall–Kier alpha value is -1.78. The second kappa shape index (κ2) is 9.59. The van der Waals surface area contributed by atoms with Crippen molar-refractivity contribution >= 4 is 72.8 Å². The Kier molecular flexibility index (Phi) is 7.62. The number of aromatic nitrogens is 1. The Balaban J connectivity index is 2.20. The third kappa shape index (κ3) is 5.20. The molecule has 2 aromatic rings. The molecule has 1 aromatic heterocycles. The van der Waals surface area contributed by atoms with E-state index in [1.54, 1.807) is 0 Å². The van der Waals surface area contributed by atoms with Gasteiger partial charge < -0.3 is 10.2 Å². The first kappa shape index (κ1) is 27.8. The summed E-state index contributed by atoms with van der Waals surface area (Å²) in [6.45, 7) is 1.19. The number of carbonyl (C=O) groups is 2. The van der Waals surface area contributed by atoms with Gasteiger partial charge in [-0.25, -0.2) is 13.8 Å². The van der Waals surface area contributed by atoms with Gasteiger partial charge in [0.2, 0.25) is 0 Å². The number of aliphatic hydroxyl groups is 2. The lowest BCUT2D eigenvalue weighted by atomic mass is 10.1. The van der Waals surface area contributed by atoms with E-state index in [4.69, 9.17) is 11.6 Å². The van der Waals surface area contributed by atoms with E-state index in [0.29, 0.717) is 28.0 Å². The Morgan fingerprint density at radius 1 is 1.17 bits per heavy atom. The first-order valence-corrected chi connectivity index (χ1v) is 11.1. The van der Waals surface area contributed by atoms with Crippen LogP contribution in [0.5, 0.6) is 0 Å². The molecule has 190 valence electrons. The van der Waals surface area contributed by atoms with Crippen LogP contribution in [0.3, 0.4) is 0 Å². The second-order valence-corrected chi connectivity index (χ2v) is 10.8. The molecule has 1 fully saturated rings. The molecule has 2 amide bonds. The van der Waals surface area contributed by atoms with Crippen molar-refractivity contribution in [1.82, 2.24) is 4.98 Å². The van der Waals surface area contributed by atoms with Crippen molar-refractivity contribution in [3.05, 3.63) is 52.2 Å². The van der Waals surface area contributed by atoms with Crippen LogP contribution < -0.4 is 9.80 Å². The van der Waals surface area contributed by atoms with Gasteiger partial charge in [-0.15, -0.1) is 37.9 Å². The van der Waals surface area contributed by atoms with Gasteiger partial charge in [0.15, 0.2) is 15.5 Å². The van der Waals surface area contributed by atoms with Gasteiger partial charge in [0, 0.05) is 5.69 Å². The molecule has 0 saturated carbocycles. The lowest BCUT2D eigenvalue weighted by Gasteiger charge is -2.37. The largest absolute Gasteiger partial charge is 0.416 e. The van der Waals surface area contributed by atoms with Gasteiger partial charge in [-0.3, -0.25) is 19.4 Å². The summed E-state index contributed by atoms with van der Waals surface area (Å²) in [6.07, 6.45) is -9.32. The lowest BCUT2D eigenvalue weighted by molar-refractivity contribution is -0.137. The third-order valence-corrected chi connectivity index (χ3v) is 5.91. The molecule has 35 heavy (non-hydrogen) atoms. The highest BCUT2D eigenvalue weighted by atomic mass is 35.5. The number of halogens is 6. The molecule has 1 saturated heterocycles. The summed E-state index contributed by atoms with van der Waals surface area (Å²) >= 11 is 17.5. The molecule has 0 aliphatic carbocycles. The maximum Gasteiger partial charge on any atom is 0.416 e. The predicted octanol–water partition coefficient (Wildman–Crippen LogP) is 3.21. The van der Waals surface area contributed by atoms with Gasteiger partial charge in [-0.05, 0) is 31.2 Å². The number of rotatable bonds is 4. The Bertz CT molecular complexity index is 1200. The number of carbonyl (C=O) groups excluding carboxylic acids is 2. The molecule has 2 unspecified atom stereocenters. The van der Waals surface area contributed by atoms with E-state index in [9.17, 15) is 41.8 Å². The molecule has 2 heterocycles. The van der Waals surface area contributed by atoms with Crippen LogP contribution in [0.2, 0.25) is 5.02 Å². The minimum Gasteiger partial charge on any atom is -0.387 e. The predicted molar refractivity (Wildman–Crippen MR) is 126 cm³/mol. The summed E-state index contributed by atoms with van der Waals surface area (Å²) in [5, 5.41) is 19.6. The van der Waals surface area contributed by atoms with Crippen molar-refractivity contribution in [2.75, 3.05) is 9.80 Å². The van der Waals surface area contributed by atoms with Gasteiger partial charge in [0.05, 0.1) is 11.3 Å². The van der Waals surface area contributed by atoms with Crippen LogP contribution in [0.4, 0.5) is 33.5 Å². The monoisotopic (exact) mass is 575 g/mol. The van der Waals surface area contributed by atoms with Crippen molar-refractivity contribution in [3.8, 4) is 0 Å². The van der Waals surface area contributed by atoms with E-state index < -0.39 is 73.5 Å². The number of benzene rings is 1. The van der Waals surface area contributed by atoms with Crippen LogP contribution in [0.15, 0.2) is 24.3 Å². The first-order chi connectivity index (χ1) is 16.0. The van der Waals surface area contributed by atoms with E-state index >= 15 is 0 Å². The topological polar surface area (TPSA) is 94.0 Å². The van der Waals surface area contributed by atoms with E-state index in [2.05, 4.69) is 42.9 Å². The molecule has 3 atom stereocenters. The van der Waals surface area contributed by atoms with Gasteiger partial charge in [-0.1, -0.05) is 11.6 Å². The number of aryl methyl sites for hydroxylation is 1. The Morgan fingerprint density at radius 2 is 1.77 bits per heavy atom. The van der Waals surface area contributed by atoms with E-state index in [1.807, 2.05) is 0 Å². The molecular formula is C19H15ClF5N3O4S3. The van der Waals surface area contributed by atoms with Crippen molar-refractivity contribution < 1.29 is 41.8 Å². The van der Waals surface area contributed by atoms with Gasteiger partial charge in [0.1, 0.15) is 28.8 Å². The summed E-state index contributed by atoms with van der Waals surface area (Å²) < 4.78 is 66.3. The fourth-order valence-electron chi connectivity index (χ4n) is 3.45. The number of amides is 2. The molecule has 2 N–H and O–H groups in total. The SMILES string of the molecule is Cc1cc(C(F)(F)F)cc(N2C(=O)C(O)C(O)[C@H]2C(=O)N(c2ccc(F)c(Cl)c2F)C(S)(S)S)n1. The highest BCUT2D eigenvalue weighted by Crippen LogP contribution is 2.41. The van der Waals surface area contributed by atoms with Crippen molar-refractivity contribution in [2.45, 2.75) is 34.9 Å². The van der Waals surface area contributed by atoms with E-state index in [0.717, 1.165) is 6.07 Å². The molecular weight excluding hydrogens is 561 g/mol. The molecule has 1 aliphatic rings. The number of anilines is 2. The summed E-state index contributed by atoms with van der Waals surface area (Å²) in [5.74, 6) is -6.12. The third-order valence-electron chi connectivity index (χ3n) is 4.96. The van der Waals surface area contributed by atoms with Crippen LogP contribution in [-0.4, -0.2) is 48.8 Å². The standard InChI is InChI=1S/C19H15ClF5N3O4S3/c1-6-4-7(18(23,24)25)5-10(26-6)27-13(14(29)15(30)17(27)32)16(31)28(19(33,34)35)9-3-2-8(21)11(20)12(9)22/h2-5,13-15,29-30,33-35H,1H3/t13-,14?,15?/m0/s1. The fourth-order valence-corrected chi connectivity index (χ4v) is 4.23. The number of nitrogens with zero attached hydrogens (tertiary/aromatic N) is 3. The minimum absolute atomic E-state index is 0.204. The molecule has 0 bridgehead atoms. The summed E-state index contributed by atoms with van der Waals surface area (Å²) in [6, 6.07) is 0.439. The van der Waals surface area contributed by atoms with Crippen LogP contribution >= 0.6 is 49.5 Å². The van der Waals surface area contributed by atoms with E-state index in [-0.39, 0.29) is 5.69 Å². The molecule has 0 spiro atoms. The zero-order valence-corrected chi connectivity index (χ0v) is 20.6. The van der Waals surface area contributed by atoms with Gasteiger partial charge in [0.25, 0.3) is 11.8 Å². The molecule has 7 nitrogen and oxygen atoms in total. The maximum absolute atomic E-state index is 14.8. The number of thiol groups is 3. The number of aliphatic hydroxyl groups excluding tert-OH is 2. The smallest absolute Gasteiger partial charge is 0.387 e. The molecule has 16 heteroatoms. The van der Waals surface area contributed by atoms with Crippen LogP contribution in [0.25, 0.3) is 0 Å². The Labute approximate surface area is 216 Å². The number of hydrogen-bond donors (Lipinski definition) is 5. The van der Waals surface area contributed by atoms with Crippen LogP contribution in [0.1, 0.15) is 11.3 Å².